The van der Waals surface area contributed by atoms with Crippen LogP contribution in [0.15, 0.2) is 0 Å². The molecule has 0 unspecified atom stereocenters. The topological polar surface area (TPSA) is 52.3 Å². The first kappa shape index (κ1) is 12.7. The SMILES string of the molecule is CSCCOC(=O)CN.Cl. The molecule has 0 rings (SSSR count). The van der Waals surface area contributed by atoms with E-state index < -0.39 is 0 Å². The third-order valence-corrected chi connectivity index (χ3v) is 1.29. The van der Waals surface area contributed by atoms with Gasteiger partial charge in [0.05, 0.1) is 6.54 Å². The van der Waals surface area contributed by atoms with Gasteiger partial charge in [0.1, 0.15) is 6.61 Å². The maximum atomic E-state index is 10.3. The second kappa shape index (κ2) is 9.07. The third-order valence-electron chi connectivity index (χ3n) is 0.717. The average Bonchev–Trinajstić information content (AvgIpc) is 1.89. The molecule has 0 fully saturated rings. The van der Waals surface area contributed by atoms with Gasteiger partial charge in [-0.05, 0) is 6.26 Å². The number of rotatable bonds is 4. The molecule has 0 radical (unpaired) electrons. The van der Waals surface area contributed by atoms with Gasteiger partial charge in [-0.25, -0.2) is 0 Å². The van der Waals surface area contributed by atoms with Gasteiger partial charge >= 0.3 is 5.97 Å². The number of hydrogen-bond acceptors (Lipinski definition) is 4. The standard InChI is InChI=1S/C5H11NO2S.ClH/c1-9-3-2-8-5(7)4-6;/h2-4,6H2,1H3;1H. The smallest absolute Gasteiger partial charge is 0.319 e. The zero-order chi connectivity index (χ0) is 7.11. The van der Waals surface area contributed by atoms with Crippen molar-refractivity contribution in [2.75, 3.05) is 25.2 Å². The molecule has 5 heteroatoms. The summed E-state index contributed by atoms with van der Waals surface area (Å²) in [4.78, 5) is 10.3. The highest BCUT2D eigenvalue weighted by Crippen LogP contribution is 1.89. The first-order chi connectivity index (χ1) is 4.31. The Labute approximate surface area is 71.1 Å². The number of carbonyl (C=O) groups is 1. The quantitative estimate of drug-likeness (QED) is 0.505. The predicted molar refractivity (Wildman–Crippen MR) is 45.6 cm³/mol. The van der Waals surface area contributed by atoms with E-state index in [2.05, 4.69) is 4.74 Å². The maximum Gasteiger partial charge on any atom is 0.319 e. The van der Waals surface area contributed by atoms with Crippen LogP contribution in [0.25, 0.3) is 0 Å². The molecular formula is C5H12ClNO2S. The second-order valence-electron chi connectivity index (χ2n) is 1.42. The van der Waals surface area contributed by atoms with E-state index in [-0.39, 0.29) is 24.9 Å². The number of esters is 1. The van der Waals surface area contributed by atoms with E-state index >= 15 is 0 Å². The van der Waals surface area contributed by atoms with Crippen molar-refractivity contribution < 1.29 is 9.53 Å². The zero-order valence-corrected chi connectivity index (χ0v) is 7.46. The molecule has 0 aliphatic heterocycles. The summed E-state index contributed by atoms with van der Waals surface area (Å²) in [7, 11) is 0. The summed E-state index contributed by atoms with van der Waals surface area (Å²) in [5.41, 5.74) is 4.97. The normalized spacial score (nSPS) is 8.20. The second-order valence-corrected chi connectivity index (χ2v) is 2.40. The molecule has 0 aromatic heterocycles. The Kier molecular flexibility index (Phi) is 11.5. The van der Waals surface area contributed by atoms with Crippen LogP contribution >= 0.6 is 24.2 Å². The summed E-state index contributed by atoms with van der Waals surface area (Å²) in [6, 6.07) is 0. The van der Waals surface area contributed by atoms with Crippen molar-refractivity contribution in [1.29, 1.82) is 0 Å². The number of carbonyl (C=O) groups excluding carboxylic acids is 1. The van der Waals surface area contributed by atoms with Crippen LogP contribution in [0.1, 0.15) is 0 Å². The van der Waals surface area contributed by atoms with Crippen LogP contribution in [0.3, 0.4) is 0 Å². The molecule has 0 bridgehead atoms. The molecule has 3 nitrogen and oxygen atoms in total. The first-order valence-electron chi connectivity index (χ1n) is 2.66. The summed E-state index contributed by atoms with van der Waals surface area (Å²) in [6.07, 6.45) is 1.95. The molecule has 2 N–H and O–H groups in total. The highest BCUT2D eigenvalue weighted by molar-refractivity contribution is 7.98. The third kappa shape index (κ3) is 8.07. The van der Waals surface area contributed by atoms with Crippen molar-refractivity contribution in [3.8, 4) is 0 Å². The lowest BCUT2D eigenvalue weighted by atomic mass is 10.7. The molecule has 0 aromatic carbocycles. The number of nitrogens with two attached hydrogens (primary N) is 1. The molecule has 0 spiro atoms. The monoisotopic (exact) mass is 185 g/mol. The Hall–Kier alpha value is 0.0700. The van der Waals surface area contributed by atoms with Gasteiger partial charge in [-0.2, -0.15) is 11.8 Å². The molecule has 10 heavy (non-hydrogen) atoms. The van der Waals surface area contributed by atoms with Crippen molar-refractivity contribution in [1.82, 2.24) is 0 Å². The Bertz CT molecular complexity index is 91.7. The van der Waals surface area contributed by atoms with Crippen molar-refractivity contribution in [3.63, 3.8) is 0 Å². The summed E-state index contributed by atoms with van der Waals surface area (Å²) < 4.78 is 4.65. The van der Waals surface area contributed by atoms with Gasteiger partial charge in [-0.15, -0.1) is 12.4 Å². The molecule has 0 saturated carbocycles. The van der Waals surface area contributed by atoms with E-state index in [1.54, 1.807) is 11.8 Å². The van der Waals surface area contributed by atoms with Gasteiger partial charge in [0, 0.05) is 5.75 Å². The summed E-state index contributed by atoms with van der Waals surface area (Å²) in [6.45, 7) is 0.450. The van der Waals surface area contributed by atoms with Gasteiger partial charge in [0.2, 0.25) is 0 Å². The van der Waals surface area contributed by atoms with Crippen LogP contribution in [0, 0.1) is 0 Å². The lowest BCUT2D eigenvalue weighted by molar-refractivity contribution is -0.141. The van der Waals surface area contributed by atoms with Gasteiger partial charge in [0.15, 0.2) is 0 Å². The van der Waals surface area contributed by atoms with Gasteiger partial charge in [-0.3, -0.25) is 4.79 Å². The van der Waals surface area contributed by atoms with Crippen LogP contribution in [0.4, 0.5) is 0 Å². The molecule has 0 aliphatic rings. The van der Waals surface area contributed by atoms with E-state index in [0.29, 0.717) is 6.61 Å². The minimum absolute atomic E-state index is 0. The molecule has 62 valence electrons. The fourth-order valence-electron chi connectivity index (χ4n) is 0.298. The predicted octanol–water partition coefficient (Wildman–Crippen LogP) is 0.273. The van der Waals surface area contributed by atoms with Gasteiger partial charge < -0.3 is 10.5 Å². The van der Waals surface area contributed by atoms with E-state index in [1.807, 2.05) is 6.26 Å². The number of ether oxygens (including phenoxy) is 1. The van der Waals surface area contributed by atoms with Crippen molar-refractivity contribution in [2.45, 2.75) is 0 Å². The minimum Gasteiger partial charge on any atom is -0.464 e. The van der Waals surface area contributed by atoms with Crippen LogP contribution in [0.2, 0.25) is 0 Å². The number of hydrogen-bond donors (Lipinski definition) is 1. The Morgan fingerprint density at radius 2 is 2.30 bits per heavy atom. The van der Waals surface area contributed by atoms with E-state index in [9.17, 15) is 4.79 Å². The van der Waals surface area contributed by atoms with Crippen molar-refractivity contribution in [3.05, 3.63) is 0 Å². The lowest BCUT2D eigenvalue weighted by Crippen LogP contribution is -2.17. The fourth-order valence-corrected chi connectivity index (χ4v) is 0.548. The summed E-state index contributed by atoms with van der Waals surface area (Å²) >= 11 is 1.64. The molecule has 0 heterocycles. The average molecular weight is 186 g/mol. The fraction of sp³-hybridized carbons (Fsp3) is 0.800. The van der Waals surface area contributed by atoms with Crippen LogP contribution in [-0.4, -0.2) is 31.1 Å². The zero-order valence-electron chi connectivity index (χ0n) is 5.83. The van der Waals surface area contributed by atoms with Gasteiger partial charge in [-0.1, -0.05) is 0 Å². The van der Waals surface area contributed by atoms with Gasteiger partial charge in [0.25, 0.3) is 0 Å². The lowest BCUT2D eigenvalue weighted by Gasteiger charge is -1.99. The maximum absolute atomic E-state index is 10.3. The highest BCUT2D eigenvalue weighted by Gasteiger charge is 1.95. The Balaban J connectivity index is 0. The van der Waals surface area contributed by atoms with E-state index in [1.165, 1.54) is 0 Å². The van der Waals surface area contributed by atoms with E-state index in [0.717, 1.165) is 5.75 Å². The highest BCUT2D eigenvalue weighted by atomic mass is 35.5. The minimum atomic E-state index is -0.330. The molecule has 0 amide bonds. The van der Waals surface area contributed by atoms with Crippen molar-refractivity contribution in [2.24, 2.45) is 5.73 Å². The molecule has 0 saturated heterocycles. The molecule has 0 aliphatic carbocycles. The molecular weight excluding hydrogens is 174 g/mol. The van der Waals surface area contributed by atoms with Crippen molar-refractivity contribution >= 4 is 30.1 Å². The number of thioether (sulfide) groups is 1. The Morgan fingerprint density at radius 3 is 2.70 bits per heavy atom. The Morgan fingerprint density at radius 1 is 1.70 bits per heavy atom. The first-order valence-corrected chi connectivity index (χ1v) is 4.05. The summed E-state index contributed by atoms with van der Waals surface area (Å²) in [5.74, 6) is 0.509. The van der Waals surface area contributed by atoms with Crippen LogP contribution in [0.5, 0.6) is 0 Å². The number of halogens is 1. The van der Waals surface area contributed by atoms with E-state index in [4.69, 9.17) is 5.73 Å². The molecule has 0 atom stereocenters. The largest absolute Gasteiger partial charge is 0.464 e. The summed E-state index contributed by atoms with van der Waals surface area (Å²) in [5, 5.41) is 0. The van der Waals surface area contributed by atoms with Crippen LogP contribution in [-0.2, 0) is 9.53 Å². The van der Waals surface area contributed by atoms with Crippen LogP contribution < -0.4 is 5.73 Å². The molecule has 0 aromatic rings.